The summed E-state index contributed by atoms with van der Waals surface area (Å²) in [6.45, 7) is 6.54. The van der Waals surface area contributed by atoms with Gasteiger partial charge in [-0.2, -0.15) is 0 Å². The molecule has 1 aromatic carbocycles. The van der Waals surface area contributed by atoms with Gasteiger partial charge in [0.25, 0.3) is 0 Å². The van der Waals surface area contributed by atoms with E-state index in [1.807, 2.05) is 32.0 Å². The van der Waals surface area contributed by atoms with Crippen LogP contribution in [0.3, 0.4) is 0 Å². The van der Waals surface area contributed by atoms with Crippen molar-refractivity contribution in [3.8, 4) is 5.75 Å². The second kappa shape index (κ2) is 10.1. The maximum atomic E-state index is 12.6. The van der Waals surface area contributed by atoms with E-state index >= 15 is 0 Å². The topological polar surface area (TPSA) is 87.2 Å². The minimum absolute atomic E-state index is 0.0264. The molecule has 0 radical (unpaired) electrons. The molecule has 1 fully saturated rings. The molecule has 28 heavy (non-hydrogen) atoms. The molecule has 2 amide bonds. The number of ether oxygens (including phenoxy) is 1. The maximum Gasteiger partial charge on any atom is 0.323 e. The van der Waals surface area contributed by atoms with Crippen molar-refractivity contribution in [2.24, 2.45) is 0 Å². The van der Waals surface area contributed by atoms with Gasteiger partial charge in [-0.15, -0.1) is 0 Å². The molecule has 0 aliphatic carbocycles. The van der Waals surface area contributed by atoms with Gasteiger partial charge in [0.1, 0.15) is 12.3 Å². The number of aliphatic carboxylic acids is 1. The highest BCUT2D eigenvalue weighted by Gasteiger charge is 2.27. The first-order valence-corrected chi connectivity index (χ1v) is 9.74. The monoisotopic (exact) mass is 390 g/mol. The number of carboxylic acid groups (broad SMARTS) is 1. The quantitative estimate of drug-likeness (QED) is 0.772. The van der Waals surface area contributed by atoms with Crippen LogP contribution in [-0.2, 0) is 14.4 Å². The van der Waals surface area contributed by atoms with E-state index in [4.69, 9.17) is 9.84 Å². The molecule has 154 valence electrons. The number of rotatable bonds is 7. The lowest BCUT2D eigenvalue weighted by Gasteiger charge is -2.28. The lowest BCUT2D eigenvalue weighted by Crippen LogP contribution is -2.43. The Morgan fingerprint density at radius 3 is 2.64 bits per heavy atom. The van der Waals surface area contributed by atoms with E-state index in [0.717, 1.165) is 23.3 Å². The van der Waals surface area contributed by atoms with E-state index in [1.165, 1.54) is 11.8 Å². The molecule has 2 rings (SSSR count). The van der Waals surface area contributed by atoms with Crippen molar-refractivity contribution in [3.63, 3.8) is 0 Å². The first kappa shape index (κ1) is 21.7. The van der Waals surface area contributed by atoms with Crippen LogP contribution in [0.1, 0.15) is 43.7 Å². The van der Waals surface area contributed by atoms with Crippen LogP contribution in [0, 0.1) is 13.8 Å². The van der Waals surface area contributed by atoms with Crippen LogP contribution in [0.25, 0.3) is 0 Å². The highest BCUT2D eigenvalue weighted by Crippen LogP contribution is 2.20. The summed E-state index contributed by atoms with van der Waals surface area (Å²) in [5.74, 6) is -0.432. The molecule has 1 heterocycles. The maximum absolute atomic E-state index is 12.6. The van der Waals surface area contributed by atoms with E-state index in [9.17, 15) is 14.4 Å². The minimum atomic E-state index is -1.02. The van der Waals surface area contributed by atoms with Gasteiger partial charge >= 0.3 is 5.97 Å². The van der Waals surface area contributed by atoms with E-state index < -0.39 is 5.97 Å². The molecule has 7 nitrogen and oxygen atoms in total. The summed E-state index contributed by atoms with van der Waals surface area (Å²) < 4.78 is 5.78. The predicted molar refractivity (Wildman–Crippen MR) is 105 cm³/mol. The summed E-state index contributed by atoms with van der Waals surface area (Å²) in [5.41, 5.74) is 2.15. The lowest BCUT2D eigenvalue weighted by molar-refractivity contribution is -0.145. The zero-order chi connectivity index (χ0) is 20.7. The van der Waals surface area contributed by atoms with Crippen LogP contribution in [0.15, 0.2) is 18.2 Å². The molecule has 1 atom stereocenters. The average molecular weight is 390 g/mol. The fourth-order valence-corrected chi connectivity index (χ4v) is 3.55. The Balaban J connectivity index is 1.85. The number of amides is 2. The molecular weight excluding hydrogens is 360 g/mol. The third kappa shape index (κ3) is 6.25. The number of carboxylic acids is 1. The van der Waals surface area contributed by atoms with Crippen molar-refractivity contribution >= 4 is 17.8 Å². The average Bonchev–Trinajstić information content (AvgIpc) is 2.88. The van der Waals surface area contributed by atoms with E-state index in [0.29, 0.717) is 39.0 Å². The first-order valence-electron chi connectivity index (χ1n) is 9.74. The van der Waals surface area contributed by atoms with Crippen LogP contribution in [-0.4, -0.2) is 65.0 Å². The van der Waals surface area contributed by atoms with E-state index in [1.54, 1.807) is 4.90 Å². The van der Waals surface area contributed by atoms with Gasteiger partial charge in [-0.1, -0.05) is 12.1 Å². The smallest absolute Gasteiger partial charge is 0.323 e. The molecule has 1 unspecified atom stereocenters. The Kier molecular flexibility index (Phi) is 7.84. The normalized spacial score (nSPS) is 17.0. The van der Waals surface area contributed by atoms with E-state index in [-0.39, 0.29) is 24.4 Å². The number of benzene rings is 1. The SMILES string of the molecule is CC(=O)N(CC(=O)O)C1CCCN(C(=O)CCOc2cc(C)ccc2C)CC1. The molecule has 1 aliphatic heterocycles. The summed E-state index contributed by atoms with van der Waals surface area (Å²) in [6.07, 6.45) is 2.34. The van der Waals surface area contributed by atoms with Gasteiger partial charge in [0.05, 0.1) is 13.0 Å². The number of aryl methyl sites for hydroxylation is 2. The number of nitrogens with zero attached hydrogens (tertiary/aromatic N) is 2. The van der Waals surface area contributed by atoms with Crippen LogP contribution in [0.2, 0.25) is 0 Å². The fraction of sp³-hybridized carbons (Fsp3) is 0.571. The third-order valence-electron chi connectivity index (χ3n) is 5.12. The van der Waals surface area contributed by atoms with Gasteiger partial charge < -0.3 is 19.6 Å². The summed E-state index contributed by atoms with van der Waals surface area (Å²) >= 11 is 0. The summed E-state index contributed by atoms with van der Waals surface area (Å²) in [5, 5.41) is 9.03. The third-order valence-corrected chi connectivity index (χ3v) is 5.12. The minimum Gasteiger partial charge on any atom is -0.493 e. The Hall–Kier alpha value is -2.57. The Morgan fingerprint density at radius 2 is 1.96 bits per heavy atom. The predicted octanol–water partition coefficient (Wildman–Crippen LogP) is 2.39. The van der Waals surface area contributed by atoms with Crippen molar-refractivity contribution in [2.75, 3.05) is 26.2 Å². The molecular formula is C21H30N2O5. The molecule has 7 heteroatoms. The fourth-order valence-electron chi connectivity index (χ4n) is 3.55. The van der Waals surface area contributed by atoms with Crippen molar-refractivity contribution in [2.45, 2.75) is 52.5 Å². The second-order valence-corrected chi connectivity index (χ2v) is 7.37. The van der Waals surface area contributed by atoms with Gasteiger partial charge in [0, 0.05) is 26.1 Å². The van der Waals surface area contributed by atoms with Crippen molar-refractivity contribution < 1.29 is 24.2 Å². The molecule has 0 aromatic heterocycles. The van der Waals surface area contributed by atoms with Gasteiger partial charge in [0.2, 0.25) is 11.8 Å². The molecule has 1 aliphatic rings. The number of likely N-dealkylation sites (tertiary alicyclic amines) is 1. The van der Waals surface area contributed by atoms with Crippen molar-refractivity contribution in [1.29, 1.82) is 0 Å². The molecule has 1 saturated heterocycles. The Bertz CT molecular complexity index is 719. The zero-order valence-electron chi connectivity index (χ0n) is 16.9. The highest BCUT2D eigenvalue weighted by atomic mass is 16.5. The standard InChI is InChI=1S/C21H30N2O5/c1-15-6-7-16(2)19(13-15)28-12-9-20(25)22-10-4-5-18(8-11-22)23(17(3)24)14-21(26)27/h6-7,13,18H,4-5,8-12,14H2,1-3H3,(H,26,27). The number of carbonyl (C=O) groups excluding carboxylic acids is 2. The molecule has 1 N–H and O–H groups in total. The van der Waals surface area contributed by atoms with Gasteiger partial charge in [0.15, 0.2) is 0 Å². The molecule has 0 bridgehead atoms. The number of carbonyl (C=O) groups is 3. The lowest BCUT2D eigenvalue weighted by atomic mass is 10.1. The second-order valence-electron chi connectivity index (χ2n) is 7.37. The van der Waals surface area contributed by atoms with Crippen LogP contribution < -0.4 is 4.74 Å². The Labute approximate surface area is 166 Å². The Morgan fingerprint density at radius 1 is 1.21 bits per heavy atom. The zero-order valence-corrected chi connectivity index (χ0v) is 16.9. The largest absolute Gasteiger partial charge is 0.493 e. The summed E-state index contributed by atoms with van der Waals surface area (Å²) in [6, 6.07) is 5.85. The van der Waals surface area contributed by atoms with Crippen LogP contribution >= 0.6 is 0 Å². The first-order chi connectivity index (χ1) is 13.3. The summed E-state index contributed by atoms with van der Waals surface area (Å²) in [7, 11) is 0. The number of hydrogen-bond donors (Lipinski definition) is 1. The van der Waals surface area contributed by atoms with Gasteiger partial charge in [-0.05, 0) is 50.3 Å². The summed E-state index contributed by atoms with van der Waals surface area (Å²) in [4.78, 5) is 38.6. The van der Waals surface area contributed by atoms with Crippen LogP contribution in [0.4, 0.5) is 0 Å². The van der Waals surface area contributed by atoms with Crippen LogP contribution in [0.5, 0.6) is 5.75 Å². The highest BCUT2D eigenvalue weighted by molar-refractivity contribution is 5.80. The number of hydrogen-bond acceptors (Lipinski definition) is 4. The molecule has 0 saturated carbocycles. The van der Waals surface area contributed by atoms with Gasteiger partial charge in [-0.25, -0.2) is 0 Å². The van der Waals surface area contributed by atoms with E-state index in [2.05, 4.69) is 0 Å². The van der Waals surface area contributed by atoms with Crippen molar-refractivity contribution in [3.05, 3.63) is 29.3 Å². The van der Waals surface area contributed by atoms with Gasteiger partial charge in [-0.3, -0.25) is 14.4 Å². The molecule has 1 aromatic rings. The van der Waals surface area contributed by atoms with Crippen molar-refractivity contribution in [1.82, 2.24) is 9.80 Å². The molecule has 0 spiro atoms.